The van der Waals surface area contributed by atoms with Gasteiger partial charge in [0, 0.05) is 31.6 Å². The number of anilines is 2. The summed E-state index contributed by atoms with van der Waals surface area (Å²) in [6, 6.07) is 12.6. The van der Waals surface area contributed by atoms with Gasteiger partial charge in [-0.05, 0) is 31.2 Å². The van der Waals surface area contributed by atoms with E-state index in [9.17, 15) is 9.59 Å². The fraction of sp³-hybridized carbons (Fsp3) is 0.333. The Morgan fingerprint density at radius 3 is 2.61 bits per heavy atom. The average Bonchev–Trinajstić information content (AvgIpc) is 2.69. The molecule has 0 aromatic heterocycles. The third-order valence-electron chi connectivity index (χ3n) is 4.22. The van der Waals surface area contributed by atoms with Crippen LogP contribution in [0.3, 0.4) is 0 Å². The van der Waals surface area contributed by atoms with Crippen molar-refractivity contribution >= 4 is 23.2 Å². The van der Waals surface area contributed by atoms with Crippen molar-refractivity contribution in [2.24, 2.45) is 0 Å². The van der Waals surface area contributed by atoms with Gasteiger partial charge >= 0.3 is 0 Å². The first-order chi connectivity index (χ1) is 13.6. The monoisotopic (exact) mass is 384 g/mol. The van der Waals surface area contributed by atoms with E-state index in [4.69, 9.17) is 14.2 Å². The molecule has 7 heteroatoms. The van der Waals surface area contributed by atoms with E-state index >= 15 is 0 Å². The molecule has 0 unspecified atom stereocenters. The van der Waals surface area contributed by atoms with Gasteiger partial charge in [0.05, 0.1) is 12.3 Å². The molecule has 2 amide bonds. The first-order valence-corrected chi connectivity index (χ1v) is 9.28. The summed E-state index contributed by atoms with van der Waals surface area (Å²) in [5.74, 6) is 1.54. The first-order valence-electron chi connectivity index (χ1n) is 9.28. The largest absolute Gasteiger partial charge is 0.492 e. The number of carbonyl (C=O) groups is 2. The van der Waals surface area contributed by atoms with Gasteiger partial charge < -0.3 is 24.4 Å². The van der Waals surface area contributed by atoms with Crippen LogP contribution < -0.4 is 24.4 Å². The minimum atomic E-state index is -0.197. The number of para-hydroxylation sites is 2. The molecule has 0 aliphatic carbocycles. The van der Waals surface area contributed by atoms with E-state index in [1.54, 1.807) is 23.1 Å². The third kappa shape index (κ3) is 4.73. The highest BCUT2D eigenvalue weighted by atomic mass is 16.6. The molecule has 2 aromatic carbocycles. The molecule has 0 bridgehead atoms. The number of fused-ring (bicyclic) bond motifs is 1. The molecule has 0 radical (unpaired) electrons. The number of carbonyl (C=O) groups excluding carboxylic acids is 2. The van der Waals surface area contributed by atoms with E-state index in [0.29, 0.717) is 48.4 Å². The lowest BCUT2D eigenvalue weighted by molar-refractivity contribution is -0.117. The Labute approximate surface area is 164 Å². The number of ether oxygens (including phenoxy) is 3. The lowest BCUT2D eigenvalue weighted by atomic mass is 10.2. The molecule has 0 saturated heterocycles. The van der Waals surface area contributed by atoms with Crippen LogP contribution >= 0.6 is 0 Å². The Kier molecular flexibility index (Phi) is 6.37. The third-order valence-corrected chi connectivity index (χ3v) is 4.22. The second-order valence-electron chi connectivity index (χ2n) is 6.23. The minimum Gasteiger partial charge on any atom is -0.492 e. The molecule has 0 spiro atoms. The van der Waals surface area contributed by atoms with Gasteiger partial charge in [0.2, 0.25) is 11.8 Å². The predicted octanol–water partition coefficient (Wildman–Crippen LogP) is 3.24. The summed E-state index contributed by atoms with van der Waals surface area (Å²) < 4.78 is 16.6. The number of benzene rings is 2. The van der Waals surface area contributed by atoms with Gasteiger partial charge in [-0.1, -0.05) is 12.1 Å². The van der Waals surface area contributed by atoms with Gasteiger partial charge in [-0.15, -0.1) is 0 Å². The van der Waals surface area contributed by atoms with Crippen LogP contribution in [-0.2, 0) is 9.59 Å². The first kappa shape index (κ1) is 19.5. The van der Waals surface area contributed by atoms with Gasteiger partial charge in [0.25, 0.3) is 0 Å². The van der Waals surface area contributed by atoms with Gasteiger partial charge in [-0.2, -0.15) is 0 Å². The van der Waals surface area contributed by atoms with Crippen LogP contribution in [0, 0.1) is 0 Å². The van der Waals surface area contributed by atoms with Crippen molar-refractivity contribution < 1.29 is 23.8 Å². The van der Waals surface area contributed by atoms with Crippen molar-refractivity contribution in [1.82, 2.24) is 0 Å². The fourth-order valence-electron chi connectivity index (χ4n) is 2.96. The van der Waals surface area contributed by atoms with Crippen molar-refractivity contribution in [1.29, 1.82) is 0 Å². The van der Waals surface area contributed by atoms with Crippen molar-refractivity contribution in [3.05, 3.63) is 42.5 Å². The van der Waals surface area contributed by atoms with Crippen molar-refractivity contribution in [3.8, 4) is 17.2 Å². The summed E-state index contributed by atoms with van der Waals surface area (Å²) in [5.41, 5.74) is 1.28. The average molecular weight is 384 g/mol. The van der Waals surface area contributed by atoms with Crippen LogP contribution in [0.2, 0.25) is 0 Å². The molecule has 1 N–H and O–H groups in total. The topological polar surface area (TPSA) is 77.1 Å². The molecule has 148 valence electrons. The smallest absolute Gasteiger partial charge is 0.226 e. The Balaban J connectivity index is 1.64. The zero-order valence-electron chi connectivity index (χ0n) is 16.1. The number of nitrogens with one attached hydrogen (secondary N) is 1. The highest BCUT2D eigenvalue weighted by Crippen LogP contribution is 2.32. The number of hydrogen-bond donors (Lipinski definition) is 1. The number of amides is 2. The summed E-state index contributed by atoms with van der Waals surface area (Å²) >= 11 is 0. The maximum atomic E-state index is 12.4. The molecule has 7 nitrogen and oxygen atoms in total. The molecular formula is C21H24N2O5. The Morgan fingerprint density at radius 2 is 1.86 bits per heavy atom. The zero-order chi connectivity index (χ0) is 19.9. The molecule has 28 heavy (non-hydrogen) atoms. The molecular weight excluding hydrogens is 360 g/mol. The van der Waals surface area contributed by atoms with E-state index < -0.39 is 0 Å². The van der Waals surface area contributed by atoms with Crippen LogP contribution in [-0.4, -0.2) is 38.2 Å². The maximum absolute atomic E-state index is 12.4. The predicted molar refractivity (Wildman–Crippen MR) is 106 cm³/mol. The van der Waals surface area contributed by atoms with E-state index in [1.807, 2.05) is 31.2 Å². The maximum Gasteiger partial charge on any atom is 0.226 e. The second-order valence-corrected chi connectivity index (χ2v) is 6.23. The summed E-state index contributed by atoms with van der Waals surface area (Å²) in [5, 5.41) is 2.83. The Hall–Kier alpha value is -3.22. The second kappa shape index (κ2) is 9.12. The van der Waals surface area contributed by atoms with Crippen molar-refractivity contribution in [3.63, 3.8) is 0 Å². The SMILES string of the molecule is CCOc1ccccc1N(CCC(=O)Nc1ccc2c(c1)OCCO2)C(C)=O. The summed E-state index contributed by atoms with van der Waals surface area (Å²) in [6.07, 6.45) is 0.147. The molecule has 1 aliphatic rings. The van der Waals surface area contributed by atoms with Gasteiger partial charge in [-0.25, -0.2) is 0 Å². The fourth-order valence-corrected chi connectivity index (χ4v) is 2.96. The number of nitrogens with zero attached hydrogens (tertiary/aromatic N) is 1. The molecule has 1 aliphatic heterocycles. The lowest BCUT2D eigenvalue weighted by Gasteiger charge is -2.23. The Morgan fingerprint density at radius 1 is 1.11 bits per heavy atom. The molecule has 3 rings (SSSR count). The lowest BCUT2D eigenvalue weighted by Crippen LogP contribution is -2.32. The van der Waals surface area contributed by atoms with E-state index in [1.165, 1.54) is 6.92 Å². The highest BCUT2D eigenvalue weighted by Gasteiger charge is 2.18. The van der Waals surface area contributed by atoms with Crippen LogP contribution in [0.1, 0.15) is 20.3 Å². The highest BCUT2D eigenvalue weighted by molar-refractivity contribution is 5.95. The van der Waals surface area contributed by atoms with E-state index in [2.05, 4.69) is 5.32 Å². The number of rotatable bonds is 7. The molecule has 0 fully saturated rings. The van der Waals surface area contributed by atoms with Gasteiger partial charge in [0.1, 0.15) is 19.0 Å². The van der Waals surface area contributed by atoms with Crippen molar-refractivity contribution in [2.45, 2.75) is 20.3 Å². The number of hydrogen-bond acceptors (Lipinski definition) is 5. The summed E-state index contributed by atoms with van der Waals surface area (Å²) in [7, 11) is 0. The molecule has 0 atom stereocenters. The van der Waals surface area contributed by atoms with Crippen LogP contribution in [0.5, 0.6) is 17.2 Å². The normalized spacial score (nSPS) is 12.2. The van der Waals surface area contributed by atoms with Crippen LogP contribution in [0.15, 0.2) is 42.5 Å². The minimum absolute atomic E-state index is 0.147. The van der Waals surface area contributed by atoms with Crippen LogP contribution in [0.25, 0.3) is 0 Å². The van der Waals surface area contributed by atoms with E-state index in [0.717, 1.165) is 0 Å². The molecule has 1 heterocycles. The molecule has 0 saturated carbocycles. The van der Waals surface area contributed by atoms with Crippen molar-refractivity contribution in [2.75, 3.05) is 36.6 Å². The zero-order valence-corrected chi connectivity index (χ0v) is 16.1. The van der Waals surface area contributed by atoms with Gasteiger partial charge in [-0.3, -0.25) is 9.59 Å². The molecule has 2 aromatic rings. The van der Waals surface area contributed by atoms with E-state index in [-0.39, 0.29) is 24.8 Å². The summed E-state index contributed by atoms with van der Waals surface area (Å²) in [6.45, 7) is 5.10. The Bertz CT molecular complexity index is 852. The summed E-state index contributed by atoms with van der Waals surface area (Å²) in [4.78, 5) is 26.1. The standard InChI is InChI=1S/C21H24N2O5/c1-3-26-18-7-5-4-6-17(18)23(15(2)24)11-10-21(25)22-16-8-9-19-20(14-16)28-13-12-27-19/h4-9,14H,3,10-13H2,1-2H3,(H,22,25). The van der Waals surface area contributed by atoms with Crippen LogP contribution in [0.4, 0.5) is 11.4 Å². The quantitative estimate of drug-likeness (QED) is 0.793. The van der Waals surface area contributed by atoms with Gasteiger partial charge in [0.15, 0.2) is 11.5 Å².